The molecule has 1 aliphatic carbocycles. The Morgan fingerprint density at radius 1 is 1.30 bits per heavy atom. The van der Waals surface area contributed by atoms with Crippen molar-refractivity contribution in [2.24, 2.45) is 23.0 Å². The first kappa shape index (κ1) is 15.8. The lowest BCUT2D eigenvalue weighted by atomic mass is 9.76. The van der Waals surface area contributed by atoms with Crippen LogP contribution in [0, 0.1) is 17.3 Å². The van der Waals surface area contributed by atoms with Crippen LogP contribution >= 0.6 is 0 Å². The molecular weight excluding hydrogens is 248 g/mol. The summed E-state index contributed by atoms with van der Waals surface area (Å²) in [5, 5.41) is 0. The van der Waals surface area contributed by atoms with Crippen LogP contribution in [-0.4, -0.2) is 29.9 Å². The van der Waals surface area contributed by atoms with Gasteiger partial charge in [-0.05, 0) is 57.4 Å². The minimum absolute atomic E-state index is 0.0566. The van der Waals surface area contributed by atoms with E-state index in [2.05, 4.69) is 25.7 Å². The monoisotopic (exact) mass is 280 g/mol. The average molecular weight is 280 g/mol. The molecule has 0 aromatic heterocycles. The normalized spacial score (nSPS) is 29.9. The molecule has 20 heavy (non-hydrogen) atoms. The first-order valence-corrected chi connectivity index (χ1v) is 8.49. The molecule has 1 amide bonds. The summed E-state index contributed by atoms with van der Waals surface area (Å²) in [6, 6.07) is 0.398. The molecule has 1 saturated carbocycles. The molecule has 2 fully saturated rings. The molecule has 0 bridgehead atoms. The number of carbonyl (C=O) groups excluding carboxylic acids is 1. The summed E-state index contributed by atoms with van der Waals surface area (Å²) in [6.45, 7) is 8.30. The van der Waals surface area contributed by atoms with Crippen molar-refractivity contribution in [3.63, 3.8) is 0 Å². The van der Waals surface area contributed by atoms with E-state index in [1.54, 1.807) is 0 Å². The number of amides is 1. The SMILES string of the molecule is CC(C)CC1(C(=O)N2CC(CN)CCC2C)CCCC1. The summed E-state index contributed by atoms with van der Waals surface area (Å²) in [7, 11) is 0. The summed E-state index contributed by atoms with van der Waals surface area (Å²) in [5.41, 5.74) is 5.78. The van der Waals surface area contributed by atoms with Crippen molar-refractivity contribution >= 4 is 5.91 Å². The third kappa shape index (κ3) is 3.19. The lowest BCUT2D eigenvalue weighted by Crippen LogP contribution is -2.52. The van der Waals surface area contributed by atoms with Gasteiger partial charge in [-0.3, -0.25) is 4.79 Å². The van der Waals surface area contributed by atoms with Crippen molar-refractivity contribution in [1.29, 1.82) is 0 Å². The van der Waals surface area contributed by atoms with E-state index in [1.165, 1.54) is 19.3 Å². The van der Waals surface area contributed by atoms with Crippen molar-refractivity contribution in [3.05, 3.63) is 0 Å². The molecule has 2 N–H and O–H groups in total. The van der Waals surface area contributed by atoms with Gasteiger partial charge in [0.1, 0.15) is 0 Å². The molecule has 3 heteroatoms. The van der Waals surface area contributed by atoms with Crippen molar-refractivity contribution in [1.82, 2.24) is 4.90 Å². The maximum absolute atomic E-state index is 13.2. The largest absolute Gasteiger partial charge is 0.339 e. The van der Waals surface area contributed by atoms with E-state index < -0.39 is 0 Å². The van der Waals surface area contributed by atoms with E-state index in [4.69, 9.17) is 5.73 Å². The number of nitrogens with two attached hydrogens (primary N) is 1. The maximum atomic E-state index is 13.2. The topological polar surface area (TPSA) is 46.3 Å². The van der Waals surface area contributed by atoms with Crippen LogP contribution in [0.3, 0.4) is 0 Å². The Balaban J connectivity index is 2.13. The van der Waals surface area contributed by atoms with E-state index in [0.29, 0.717) is 30.3 Å². The minimum atomic E-state index is -0.0566. The number of nitrogens with zero attached hydrogens (tertiary/aromatic N) is 1. The van der Waals surface area contributed by atoms with E-state index >= 15 is 0 Å². The number of likely N-dealkylation sites (tertiary alicyclic amines) is 1. The zero-order valence-electron chi connectivity index (χ0n) is 13.5. The standard InChI is InChI=1S/C17H32N2O/c1-13(2)10-17(8-4-5-9-17)16(20)19-12-15(11-18)7-6-14(19)3/h13-15H,4-12,18H2,1-3H3. The molecule has 0 spiro atoms. The van der Waals surface area contributed by atoms with Crippen molar-refractivity contribution in [2.75, 3.05) is 13.1 Å². The van der Waals surface area contributed by atoms with E-state index in [9.17, 15) is 4.79 Å². The lowest BCUT2D eigenvalue weighted by Gasteiger charge is -2.43. The average Bonchev–Trinajstić information content (AvgIpc) is 2.87. The molecule has 0 radical (unpaired) electrons. The quantitative estimate of drug-likeness (QED) is 0.859. The summed E-state index contributed by atoms with van der Waals surface area (Å²) in [4.78, 5) is 15.4. The van der Waals surface area contributed by atoms with Gasteiger partial charge in [0.15, 0.2) is 0 Å². The molecule has 1 saturated heterocycles. The highest BCUT2D eigenvalue weighted by Gasteiger charge is 2.45. The fourth-order valence-electron chi connectivity index (χ4n) is 4.30. The van der Waals surface area contributed by atoms with Crippen LogP contribution in [0.15, 0.2) is 0 Å². The van der Waals surface area contributed by atoms with Crippen LogP contribution in [0.4, 0.5) is 0 Å². The van der Waals surface area contributed by atoms with Gasteiger partial charge in [0, 0.05) is 18.0 Å². The van der Waals surface area contributed by atoms with Gasteiger partial charge in [0.2, 0.25) is 5.91 Å². The second-order valence-corrected chi connectivity index (χ2v) is 7.57. The van der Waals surface area contributed by atoms with Gasteiger partial charge in [0.05, 0.1) is 0 Å². The highest BCUT2D eigenvalue weighted by molar-refractivity contribution is 5.83. The molecule has 0 aromatic carbocycles. The predicted octanol–water partition coefficient (Wildman–Crippen LogP) is 3.18. The summed E-state index contributed by atoms with van der Waals surface area (Å²) in [6.07, 6.45) is 8.00. The first-order valence-electron chi connectivity index (χ1n) is 8.49. The maximum Gasteiger partial charge on any atom is 0.229 e. The van der Waals surface area contributed by atoms with Gasteiger partial charge in [-0.2, -0.15) is 0 Å². The smallest absolute Gasteiger partial charge is 0.229 e. The zero-order valence-corrected chi connectivity index (χ0v) is 13.5. The molecule has 1 aliphatic heterocycles. The molecule has 2 atom stereocenters. The number of rotatable bonds is 4. The van der Waals surface area contributed by atoms with Gasteiger partial charge >= 0.3 is 0 Å². The molecule has 0 aromatic rings. The van der Waals surface area contributed by atoms with E-state index in [-0.39, 0.29) is 5.41 Å². The third-order valence-electron chi connectivity index (χ3n) is 5.39. The predicted molar refractivity (Wildman–Crippen MR) is 83.3 cm³/mol. The second-order valence-electron chi connectivity index (χ2n) is 7.57. The molecule has 1 heterocycles. The lowest BCUT2D eigenvalue weighted by molar-refractivity contribution is -0.147. The van der Waals surface area contributed by atoms with Crippen LogP contribution in [-0.2, 0) is 4.79 Å². The number of piperidine rings is 1. The Morgan fingerprint density at radius 3 is 2.50 bits per heavy atom. The molecule has 3 nitrogen and oxygen atoms in total. The van der Waals surface area contributed by atoms with Gasteiger partial charge in [-0.15, -0.1) is 0 Å². The van der Waals surface area contributed by atoms with Crippen LogP contribution in [0.2, 0.25) is 0 Å². The molecule has 116 valence electrons. The Hall–Kier alpha value is -0.570. The number of hydrogen-bond acceptors (Lipinski definition) is 2. The van der Waals surface area contributed by atoms with Crippen molar-refractivity contribution in [3.8, 4) is 0 Å². The number of hydrogen-bond donors (Lipinski definition) is 1. The molecule has 2 aliphatic rings. The van der Waals surface area contributed by atoms with Gasteiger partial charge < -0.3 is 10.6 Å². The fourth-order valence-corrected chi connectivity index (χ4v) is 4.30. The Morgan fingerprint density at radius 2 is 1.95 bits per heavy atom. The minimum Gasteiger partial charge on any atom is -0.339 e. The molecule has 2 rings (SSSR count). The van der Waals surface area contributed by atoms with E-state index in [1.807, 2.05) is 0 Å². The summed E-state index contributed by atoms with van der Waals surface area (Å²) >= 11 is 0. The Kier molecular flexibility index (Phi) is 5.11. The van der Waals surface area contributed by atoms with Crippen molar-refractivity contribution in [2.45, 2.75) is 71.8 Å². The molecular formula is C17H32N2O. The summed E-state index contributed by atoms with van der Waals surface area (Å²) < 4.78 is 0. The van der Waals surface area contributed by atoms with Gasteiger partial charge in [-0.25, -0.2) is 0 Å². The fraction of sp³-hybridized carbons (Fsp3) is 0.941. The summed E-state index contributed by atoms with van der Waals surface area (Å²) in [5.74, 6) is 1.55. The van der Waals surface area contributed by atoms with Crippen LogP contribution in [0.1, 0.15) is 65.7 Å². The number of carbonyl (C=O) groups is 1. The van der Waals surface area contributed by atoms with Crippen LogP contribution < -0.4 is 5.73 Å². The van der Waals surface area contributed by atoms with Crippen LogP contribution in [0.25, 0.3) is 0 Å². The van der Waals surface area contributed by atoms with Gasteiger partial charge in [-0.1, -0.05) is 26.7 Å². The zero-order chi connectivity index (χ0) is 14.8. The highest BCUT2D eigenvalue weighted by Crippen LogP contribution is 2.45. The first-order chi connectivity index (χ1) is 9.48. The third-order valence-corrected chi connectivity index (χ3v) is 5.39. The highest BCUT2D eigenvalue weighted by atomic mass is 16.2. The molecule has 2 unspecified atom stereocenters. The van der Waals surface area contributed by atoms with Crippen LogP contribution in [0.5, 0.6) is 0 Å². The second kappa shape index (κ2) is 6.46. The van der Waals surface area contributed by atoms with Gasteiger partial charge in [0.25, 0.3) is 0 Å². The Bertz CT molecular complexity index is 334. The van der Waals surface area contributed by atoms with Crippen molar-refractivity contribution < 1.29 is 4.79 Å². The van der Waals surface area contributed by atoms with E-state index in [0.717, 1.165) is 32.2 Å². The Labute approximate surface area is 124 Å².